The van der Waals surface area contributed by atoms with Crippen molar-refractivity contribution < 1.29 is 14.3 Å². The number of carbonyl (C=O) groups excluding carboxylic acids is 2. The lowest BCUT2D eigenvalue weighted by molar-refractivity contribution is -0.117. The fraction of sp³-hybridized carbons (Fsp3) is 0.429. The van der Waals surface area contributed by atoms with Crippen LogP contribution in [0.25, 0.3) is 0 Å². The second-order valence-electron chi connectivity index (χ2n) is 4.47. The van der Waals surface area contributed by atoms with Gasteiger partial charge in [-0.25, -0.2) is 0 Å². The summed E-state index contributed by atoms with van der Waals surface area (Å²) >= 11 is 1.64. The summed E-state index contributed by atoms with van der Waals surface area (Å²) in [6, 6.07) is 4.43. The van der Waals surface area contributed by atoms with Crippen LogP contribution in [0.1, 0.15) is 13.3 Å². The highest BCUT2D eigenvalue weighted by Crippen LogP contribution is 2.28. The quantitative estimate of drug-likeness (QED) is 0.712. The van der Waals surface area contributed by atoms with Crippen LogP contribution in [0.4, 0.5) is 11.4 Å². The molecule has 2 amide bonds. The maximum absolute atomic E-state index is 12.0. The number of methoxy groups -OCH3 is 1. The summed E-state index contributed by atoms with van der Waals surface area (Å²) in [6.45, 7) is 1.42. The van der Waals surface area contributed by atoms with Crippen molar-refractivity contribution >= 4 is 35.0 Å². The zero-order valence-corrected chi connectivity index (χ0v) is 13.3. The van der Waals surface area contributed by atoms with E-state index in [4.69, 9.17) is 10.5 Å². The van der Waals surface area contributed by atoms with Crippen LogP contribution in [0.3, 0.4) is 0 Å². The molecule has 1 aromatic rings. The van der Waals surface area contributed by atoms with Gasteiger partial charge in [-0.2, -0.15) is 11.8 Å². The van der Waals surface area contributed by atoms with Gasteiger partial charge in [0, 0.05) is 12.6 Å². The van der Waals surface area contributed by atoms with Gasteiger partial charge < -0.3 is 21.1 Å². The second-order valence-corrected chi connectivity index (χ2v) is 5.46. The molecule has 0 aliphatic rings. The average molecular weight is 311 g/mol. The first kappa shape index (κ1) is 17.3. The van der Waals surface area contributed by atoms with E-state index in [2.05, 4.69) is 10.6 Å². The highest BCUT2D eigenvalue weighted by molar-refractivity contribution is 7.98. The van der Waals surface area contributed by atoms with Gasteiger partial charge in [0.25, 0.3) is 0 Å². The lowest BCUT2D eigenvalue weighted by Gasteiger charge is -2.15. The third kappa shape index (κ3) is 5.65. The summed E-state index contributed by atoms with van der Waals surface area (Å²) in [4.78, 5) is 23.1. The summed E-state index contributed by atoms with van der Waals surface area (Å²) in [5.41, 5.74) is 6.89. The molecule has 0 heterocycles. The summed E-state index contributed by atoms with van der Waals surface area (Å²) in [7, 11) is 1.51. The second kappa shape index (κ2) is 8.53. The van der Waals surface area contributed by atoms with Gasteiger partial charge in [0.05, 0.1) is 18.8 Å². The minimum Gasteiger partial charge on any atom is -0.495 e. The Kier molecular flexibility index (Phi) is 7.04. The van der Waals surface area contributed by atoms with Gasteiger partial charge in [-0.15, -0.1) is 0 Å². The molecule has 4 N–H and O–H groups in total. The number of carbonyl (C=O) groups is 2. The number of rotatable bonds is 7. The number of nitrogens with one attached hydrogen (secondary N) is 2. The van der Waals surface area contributed by atoms with Crippen LogP contribution in [-0.2, 0) is 9.59 Å². The molecular weight excluding hydrogens is 290 g/mol. The summed E-state index contributed by atoms with van der Waals surface area (Å²) in [5.74, 6) is 0.864. The molecule has 0 unspecified atom stereocenters. The van der Waals surface area contributed by atoms with E-state index in [1.165, 1.54) is 14.0 Å². The number of benzene rings is 1. The molecule has 1 aromatic carbocycles. The maximum Gasteiger partial charge on any atom is 0.241 e. The third-order valence-electron chi connectivity index (χ3n) is 2.75. The van der Waals surface area contributed by atoms with Gasteiger partial charge in [0.2, 0.25) is 11.8 Å². The summed E-state index contributed by atoms with van der Waals surface area (Å²) in [6.07, 6.45) is 2.56. The lowest BCUT2D eigenvalue weighted by atomic mass is 10.2. The Morgan fingerprint density at radius 2 is 2.10 bits per heavy atom. The molecule has 0 saturated carbocycles. The van der Waals surface area contributed by atoms with E-state index in [0.717, 1.165) is 5.75 Å². The van der Waals surface area contributed by atoms with Crippen LogP contribution in [0.2, 0.25) is 0 Å². The van der Waals surface area contributed by atoms with Crippen LogP contribution in [0, 0.1) is 0 Å². The van der Waals surface area contributed by atoms with Crippen molar-refractivity contribution in [1.29, 1.82) is 0 Å². The van der Waals surface area contributed by atoms with E-state index in [0.29, 0.717) is 23.5 Å². The number of nitrogens with two attached hydrogens (primary N) is 1. The Morgan fingerprint density at radius 3 is 2.67 bits per heavy atom. The zero-order valence-electron chi connectivity index (χ0n) is 12.4. The minimum absolute atomic E-state index is 0.186. The van der Waals surface area contributed by atoms with Crippen LogP contribution in [0.5, 0.6) is 5.75 Å². The zero-order chi connectivity index (χ0) is 15.8. The normalized spacial score (nSPS) is 11.6. The molecule has 7 heteroatoms. The van der Waals surface area contributed by atoms with E-state index in [9.17, 15) is 9.59 Å². The Labute approximate surface area is 128 Å². The van der Waals surface area contributed by atoms with Gasteiger partial charge in [-0.05, 0) is 36.6 Å². The molecule has 21 heavy (non-hydrogen) atoms. The van der Waals surface area contributed by atoms with E-state index in [-0.39, 0.29) is 11.8 Å². The Morgan fingerprint density at radius 1 is 1.38 bits per heavy atom. The third-order valence-corrected chi connectivity index (χ3v) is 3.39. The molecule has 0 aliphatic heterocycles. The molecule has 0 saturated heterocycles. The van der Waals surface area contributed by atoms with Crippen molar-refractivity contribution in [1.82, 2.24) is 0 Å². The van der Waals surface area contributed by atoms with Gasteiger partial charge in [0.15, 0.2) is 0 Å². The van der Waals surface area contributed by atoms with E-state index in [1.807, 2.05) is 6.26 Å². The SMILES string of the molecule is COc1ccc(NC(C)=O)cc1NC(=O)[C@H](N)CCSC. The van der Waals surface area contributed by atoms with Crippen LogP contribution in [0.15, 0.2) is 18.2 Å². The van der Waals surface area contributed by atoms with Crippen LogP contribution in [-0.4, -0.2) is 37.0 Å². The molecule has 116 valence electrons. The fourth-order valence-corrected chi connectivity index (χ4v) is 2.18. The van der Waals surface area contributed by atoms with Crippen molar-refractivity contribution in [3.63, 3.8) is 0 Å². The van der Waals surface area contributed by atoms with Gasteiger partial charge in [-0.1, -0.05) is 0 Å². The van der Waals surface area contributed by atoms with Crippen LogP contribution < -0.4 is 21.1 Å². The average Bonchev–Trinajstić information content (AvgIpc) is 2.44. The summed E-state index contributed by atoms with van der Waals surface area (Å²) in [5, 5.41) is 5.39. The molecular formula is C14H21N3O3S. The number of amides is 2. The first-order valence-corrected chi connectivity index (χ1v) is 7.88. The molecule has 0 aliphatic carbocycles. The number of ether oxygens (including phenoxy) is 1. The predicted molar refractivity (Wildman–Crippen MR) is 86.9 cm³/mol. The number of hydrogen-bond acceptors (Lipinski definition) is 5. The minimum atomic E-state index is -0.577. The Balaban J connectivity index is 2.84. The van der Waals surface area contributed by atoms with Gasteiger partial charge in [-0.3, -0.25) is 9.59 Å². The number of anilines is 2. The molecule has 1 atom stereocenters. The van der Waals surface area contributed by atoms with Gasteiger partial charge >= 0.3 is 0 Å². The van der Waals surface area contributed by atoms with Crippen molar-refractivity contribution in [3.8, 4) is 5.75 Å². The van der Waals surface area contributed by atoms with Crippen molar-refractivity contribution in [2.75, 3.05) is 29.8 Å². The number of hydrogen-bond donors (Lipinski definition) is 3. The highest BCUT2D eigenvalue weighted by atomic mass is 32.2. The number of thioether (sulfide) groups is 1. The lowest BCUT2D eigenvalue weighted by Crippen LogP contribution is -2.36. The summed E-state index contributed by atoms with van der Waals surface area (Å²) < 4.78 is 5.19. The van der Waals surface area contributed by atoms with E-state index in [1.54, 1.807) is 30.0 Å². The fourth-order valence-electron chi connectivity index (χ4n) is 1.69. The predicted octanol–water partition coefficient (Wildman–Crippen LogP) is 1.67. The molecule has 6 nitrogen and oxygen atoms in total. The van der Waals surface area contributed by atoms with Gasteiger partial charge in [0.1, 0.15) is 5.75 Å². The first-order chi connectivity index (χ1) is 9.97. The molecule has 1 rings (SSSR count). The monoisotopic (exact) mass is 311 g/mol. The van der Waals surface area contributed by atoms with Crippen molar-refractivity contribution in [2.45, 2.75) is 19.4 Å². The molecule has 0 spiro atoms. The standard InChI is InChI=1S/C14H21N3O3S/c1-9(18)16-10-4-5-13(20-2)12(8-10)17-14(19)11(15)6-7-21-3/h4-5,8,11H,6-7,15H2,1-3H3,(H,16,18)(H,17,19)/t11-/m1/s1. The maximum atomic E-state index is 12.0. The van der Waals surface area contributed by atoms with Crippen molar-refractivity contribution in [2.24, 2.45) is 5.73 Å². The largest absolute Gasteiger partial charge is 0.495 e. The van der Waals surface area contributed by atoms with E-state index < -0.39 is 6.04 Å². The van der Waals surface area contributed by atoms with Crippen LogP contribution >= 0.6 is 11.8 Å². The van der Waals surface area contributed by atoms with E-state index >= 15 is 0 Å². The molecule has 0 radical (unpaired) electrons. The Hall–Kier alpha value is -1.73. The smallest absolute Gasteiger partial charge is 0.241 e. The Bertz CT molecular complexity index is 508. The molecule has 0 aromatic heterocycles. The first-order valence-electron chi connectivity index (χ1n) is 6.49. The molecule has 0 bridgehead atoms. The highest BCUT2D eigenvalue weighted by Gasteiger charge is 2.15. The topological polar surface area (TPSA) is 93.5 Å². The molecule has 0 fully saturated rings. The van der Waals surface area contributed by atoms with Crippen molar-refractivity contribution in [3.05, 3.63) is 18.2 Å².